The van der Waals surface area contributed by atoms with Gasteiger partial charge in [-0.1, -0.05) is 18.2 Å². The van der Waals surface area contributed by atoms with Gasteiger partial charge < -0.3 is 5.32 Å². The largest absolute Gasteiger partial charge is 0.376 e. The fraction of sp³-hybridized carbons (Fsp3) is 0.143. The molecule has 94 valence electrons. The van der Waals surface area contributed by atoms with Crippen molar-refractivity contribution in [1.29, 1.82) is 0 Å². The van der Waals surface area contributed by atoms with Crippen molar-refractivity contribution in [2.24, 2.45) is 0 Å². The first-order valence-electron chi connectivity index (χ1n) is 5.54. The van der Waals surface area contributed by atoms with E-state index in [1.807, 2.05) is 6.92 Å². The second-order valence-corrected chi connectivity index (χ2v) is 4.87. The summed E-state index contributed by atoms with van der Waals surface area (Å²) in [5.41, 5.74) is 1.32. The Morgan fingerprint density at radius 2 is 1.78 bits per heavy atom. The third-order valence-corrected chi connectivity index (χ3v) is 3.30. The third kappa shape index (κ3) is 2.88. The standard InChI is InChI=1S/C14H12BrF2N/c1-9(10-6-7-12(16)11(15)8-10)18-14-5-3-2-4-13(14)17/h2-9,18H,1H3. The molecule has 1 N–H and O–H groups in total. The second kappa shape index (κ2) is 5.48. The first-order chi connectivity index (χ1) is 8.58. The summed E-state index contributed by atoms with van der Waals surface area (Å²) in [6.45, 7) is 1.89. The predicted molar refractivity (Wildman–Crippen MR) is 72.5 cm³/mol. The number of halogens is 3. The van der Waals surface area contributed by atoms with Crippen LogP contribution in [0.5, 0.6) is 0 Å². The van der Waals surface area contributed by atoms with Crippen molar-refractivity contribution in [2.75, 3.05) is 5.32 Å². The molecule has 0 saturated heterocycles. The van der Waals surface area contributed by atoms with E-state index in [-0.39, 0.29) is 17.7 Å². The molecule has 2 rings (SSSR count). The fourth-order valence-electron chi connectivity index (χ4n) is 1.68. The van der Waals surface area contributed by atoms with Crippen molar-refractivity contribution in [3.63, 3.8) is 0 Å². The molecule has 4 heteroatoms. The molecule has 0 aliphatic carbocycles. The quantitative estimate of drug-likeness (QED) is 0.850. The molecular weight excluding hydrogens is 300 g/mol. The van der Waals surface area contributed by atoms with Gasteiger partial charge in [0, 0.05) is 6.04 Å². The van der Waals surface area contributed by atoms with E-state index in [4.69, 9.17) is 0 Å². The molecule has 0 radical (unpaired) electrons. The summed E-state index contributed by atoms with van der Waals surface area (Å²) in [7, 11) is 0. The highest BCUT2D eigenvalue weighted by Crippen LogP contribution is 2.25. The molecule has 1 unspecified atom stereocenters. The summed E-state index contributed by atoms with van der Waals surface area (Å²) >= 11 is 3.14. The minimum absolute atomic E-state index is 0.112. The van der Waals surface area contributed by atoms with E-state index in [0.29, 0.717) is 10.2 Å². The van der Waals surface area contributed by atoms with Gasteiger partial charge in [0.1, 0.15) is 11.6 Å². The van der Waals surface area contributed by atoms with E-state index in [0.717, 1.165) is 5.56 Å². The van der Waals surface area contributed by atoms with Gasteiger partial charge in [-0.2, -0.15) is 0 Å². The SMILES string of the molecule is CC(Nc1ccccc1F)c1ccc(F)c(Br)c1. The average Bonchev–Trinajstić information content (AvgIpc) is 2.35. The van der Waals surface area contributed by atoms with E-state index in [1.54, 1.807) is 30.3 Å². The molecule has 0 aliphatic rings. The smallest absolute Gasteiger partial charge is 0.146 e. The zero-order valence-electron chi connectivity index (χ0n) is 9.75. The van der Waals surface area contributed by atoms with Crippen LogP contribution in [-0.4, -0.2) is 0 Å². The highest BCUT2D eigenvalue weighted by atomic mass is 79.9. The topological polar surface area (TPSA) is 12.0 Å². The Hall–Kier alpha value is -1.42. The lowest BCUT2D eigenvalue weighted by atomic mass is 10.1. The minimum Gasteiger partial charge on any atom is -0.376 e. The zero-order valence-corrected chi connectivity index (χ0v) is 11.3. The molecule has 0 bridgehead atoms. The summed E-state index contributed by atoms with van der Waals surface area (Å²) < 4.78 is 27.0. The summed E-state index contributed by atoms with van der Waals surface area (Å²) in [5, 5.41) is 3.05. The van der Waals surface area contributed by atoms with Gasteiger partial charge in [-0.05, 0) is 52.7 Å². The van der Waals surface area contributed by atoms with Gasteiger partial charge in [0.15, 0.2) is 0 Å². The van der Waals surface area contributed by atoms with Crippen LogP contribution in [0.25, 0.3) is 0 Å². The van der Waals surface area contributed by atoms with E-state index in [9.17, 15) is 8.78 Å². The van der Waals surface area contributed by atoms with Gasteiger partial charge in [0.2, 0.25) is 0 Å². The van der Waals surface area contributed by atoms with E-state index < -0.39 is 0 Å². The van der Waals surface area contributed by atoms with Crippen LogP contribution in [0.15, 0.2) is 46.9 Å². The fourth-order valence-corrected chi connectivity index (χ4v) is 2.07. The number of anilines is 1. The van der Waals surface area contributed by atoms with Gasteiger partial charge in [0.25, 0.3) is 0 Å². The Morgan fingerprint density at radius 3 is 2.44 bits per heavy atom. The van der Waals surface area contributed by atoms with Gasteiger partial charge in [0.05, 0.1) is 10.2 Å². The monoisotopic (exact) mass is 311 g/mol. The number of hydrogen-bond acceptors (Lipinski definition) is 1. The summed E-state index contributed by atoms with van der Waals surface area (Å²) in [5.74, 6) is -0.609. The number of hydrogen-bond donors (Lipinski definition) is 1. The lowest BCUT2D eigenvalue weighted by Crippen LogP contribution is -2.08. The Labute approximate surface area is 113 Å². The van der Waals surface area contributed by atoms with Crippen LogP contribution < -0.4 is 5.32 Å². The first kappa shape index (κ1) is 13.0. The highest BCUT2D eigenvalue weighted by molar-refractivity contribution is 9.10. The van der Waals surface area contributed by atoms with Gasteiger partial charge >= 0.3 is 0 Å². The van der Waals surface area contributed by atoms with Gasteiger partial charge in [-0.25, -0.2) is 8.78 Å². The molecule has 2 aromatic carbocycles. The summed E-state index contributed by atoms with van der Waals surface area (Å²) in [6.07, 6.45) is 0. The third-order valence-electron chi connectivity index (χ3n) is 2.69. The van der Waals surface area contributed by atoms with Crippen LogP contribution in [0.3, 0.4) is 0 Å². The average molecular weight is 312 g/mol. The molecule has 1 atom stereocenters. The van der Waals surface area contributed by atoms with E-state index in [1.165, 1.54) is 12.1 Å². The molecule has 2 aromatic rings. The predicted octanol–water partition coefficient (Wildman–Crippen LogP) is 4.90. The van der Waals surface area contributed by atoms with Crippen molar-refractivity contribution in [2.45, 2.75) is 13.0 Å². The lowest BCUT2D eigenvalue weighted by Gasteiger charge is -2.16. The molecule has 18 heavy (non-hydrogen) atoms. The number of benzene rings is 2. The molecular formula is C14H12BrF2N. The molecule has 0 saturated carbocycles. The van der Waals surface area contributed by atoms with Gasteiger partial charge in [-0.3, -0.25) is 0 Å². The van der Waals surface area contributed by atoms with Crippen LogP contribution in [0.4, 0.5) is 14.5 Å². The lowest BCUT2D eigenvalue weighted by molar-refractivity contribution is 0.618. The molecule has 0 aromatic heterocycles. The number of nitrogens with one attached hydrogen (secondary N) is 1. The number of rotatable bonds is 3. The van der Waals surface area contributed by atoms with Crippen LogP contribution in [0.1, 0.15) is 18.5 Å². The second-order valence-electron chi connectivity index (χ2n) is 4.02. The van der Waals surface area contributed by atoms with Crippen LogP contribution in [-0.2, 0) is 0 Å². The Bertz CT molecular complexity index is 557. The van der Waals surface area contributed by atoms with Crippen LogP contribution in [0.2, 0.25) is 0 Å². The summed E-state index contributed by atoms with van der Waals surface area (Å²) in [4.78, 5) is 0. The van der Waals surface area contributed by atoms with Crippen molar-refractivity contribution in [3.8, 4) is 0 Å². The Balaban J connectivity index is 2.19. The summed E-state index contributed by atoms with van der Waals surface area (Å²) in [6, 6.07) is 11.1. The normalized spacial score (nSPS) is 12.2. The maximum atomic E-state index is 13.5. The molecule has 1 nitrogen and oxygen atoms in total. The van der Waals surface area contributed by atoms with E-state index >= 15 is 0 Å². The highest BCUT2D eigenvalue weighted by Gasteiger charge is 2.09. The minimum atomic E-state index is -0.308. The Morgan fingerprint density at radius 1 is 1.06 bits per heavy atom. The molecule has 0 amide bonds. The zero-order chi connectivity index (χ0) is 13.1. The first-order valence-corrected chi connectivity index (χ1v) is 6.33. The maximum Gasteiger partial charge on any atom is 0.146 e. The Kier molecular flexibility index (Phi) is 3.97. The maximum absolute atomic E-state index is 13.5. The molecule has 0 fully saturated rings. The number of para-hydroxylation sites is 1. The van der Waals surface area contributed by atoms with Crippen molar-refractivity contribution >= 4 is 21.6 Å². The van der Waals surface area contributed by atoms with Crippen molar-refractivity contribution < 1.29 is 8.78 Å². The molecule has 0 aliphatic heterocycles. The van der Waals surface area contributed by atoms with Crippen LogP contribution >= 0.6 is 15.9 Å². The van der Waals surface area contributed by atoms with E-state index in [2.05, 4.69) is 21.2 Å². The van der Waals surface area contributed by atoms with Crippen molar-refractivity contribution in [1.82, 2.24) is 0 Å². The molecule has 0 spiro atoms. The van der Waals surface area contributed by atoms with Crippen molar-refractivity contribution in [3.05, 3.63) is 64.1 Å². The van der Waals surface area contributed by atoms with Crippen LogP contribution in [0, 0.1) is 11.6 Å². The molecule has 0 heterocycles. The van der Waals surface area contributed by atoms with Gasteiger partial charge in [-0.15, -0.1) is 0 Å².